The van der Waals surface area contributed by atoms with E-state index in [0.717, 1.165) is 0 Å². The summed E-state index contributed by atoms with van der Waals surface area (Å²) in [5, 5.41) is 1.25. The van der Waals surface area contributed by atoms with Crippen LogP contribution in [0.4, 0.5) is 0 Å². The van der Waals surface area contributed by atoms with Crippen LogP contribution in [0.3, 0.4) is 0 Å². The van der Waals surface area contributed by atoms with Gasteiger partial charge in [-0.05, 0) is 11.6 Å². The third kappa shape index (κ3) is 0.830. The normalized spacial score (nSPS) is 15.1. The van der Waals surface area contributed by atoms with Crippen LogP contribution in [0.5, 0.6) is 0 Å². The number of rotatable bonds is 0. The van der Waals surface area contributed by atoms with E-state index in [1.54, 1.807) is 0 Å². The summed E-state index contributed by atoms with van der Waals surface area (Å²) in [5.41, 5.74) is 3.69. The molecular formula is C12H11NO. The molecule has 2 aromatic rings. The molecule has 2 heteroatoms. The number of carbonyl (C=O) groups excluding carboxylic acids is 1. The third-order valence-corrected chi connectivity index (χ3v) is 3.08. The summed E-state index contributed by atoms with van der Waals surface area (Å²) in [5.74, 6) is 0.344. The Bertz CT molecular complexity index is 536. The van der Waals surface area contributed by atoms with Gasteiger partial charge in [0, 0.05) is 36.5 Å². The molecule has 70 valence electrons. The fourth-order valence-corrected chi connectivity index (χ4v) is 2.39. The number of para-hydroxylation sites is 1. The van der Waals surface area contributed by atoms with Gasteiger partial charge in [-0.15, -0.1) is 0 Å². The Labute approximate surface area is 82.1 Å². The zero-order valence-electron chi connectivity index (χ0n) is 8.08. The predicted octanol–water partition coefficient (Wildman–Crippen LogP) is 1.85. The number of aryl methyl sites for hydroxylation is 1. The molecule has 0 spiro atoms. The smallest absolute Gasteiger partial charge is 0.143 e. The van der Waals surface area contributed by atoms with Crippen LogP contribution in [-0.2, 0) is 24.7 Å². The first-order valence-corrected chi connectivity index (χ1v) is 4.84. The van der Waals surface area contributed by atoms with Gasteiger partial charge in [-0.2, -0.15) is 0 Å². The zero-order chi connectivity index (χ0) is 9.71. The van der Waals surface area contributed by atoms with Crippen molar-refractivity contribution in [2.45, 2.75) is 12.8 Å². The third-order valence-electron chi connectivity index (χ3n) is 3.08. The maximum atomic E-state index is 11.3. The van der Waals surface area contributed by atoms with Crippen molar-refractivity contribution in [1.29, 1.82) is 0 Å². The summed E-state index contributed by atoms with van der Waals surface area (Å²) < 4.78 is 2.15. The van der Waals surface area contributed by atoms with E-state index in [2.05, 4.69) is 16.7 Å². The Morgan fingerprint density at radius 1 is 1.21 bits per heavy atom. The van der Waals surface area contributed by atoms with Gasteiger partial charge < -0.3 is 4.57 Å². The van der Waals surface area contributed by atoms with Gasteiger partial charge in [-0.3, -0.25) is 4.79 Å². The molecule has 1 aliphatic rings. The highest BCUT2D eigenvalue weighted by atomic mass is 16.1. The summed E-state index contributed by atoms with van der Waals surface area (Å²) >= 11 is 0. The van der Waals surface area contributed by atoms with Crippen LogP contribution in [0.2, 0.25) is 0 Å². The van der Waals surface area contributed by atoms with Gasteiger partial charge in [0.2, 0.25) is 0 Å². The van der Waals surface area contributed by atoms with E-state index >= 15 is 0 Å². The molecule has 1 aliphatic carbocycles. The lowest BCUT2D eigenvalue weighted by Crippen LogP contribution is -1.99. The number of Topliss-reactive ketones (excluding diaryl/α,β-unsaturated/α-hetero) is 1. The van der Waals surface area contributed by atoms with E-state index in [-0.39, 0.29) is 0 Å². The monoisotopic (exact) mass is 185 g/mol. The minimum absolute atomic E-state index is 0.344. The van der Waals surface area contributed by atoms with E-state index < -0.39 is 0 Å². The van der Waals surface area contributed by atoms with Gasteiger partial charge in [0.05, 0.1) is 0 Å². The second-order valence-corrected chi connectivity index (χ2v) is 3.89. The number of fused-ring (bicyclic) bond motifs is 3. The van der Waals surface area contributed by atoms with Crippen LogP contribution >= 0.6 is 0 Å². The fourth-order valence-electron chi connectivity index (χ4n) is 2.39. The van der Waals surface area contributed by atoms with Gasteiger partial charge in [-0.25, -0.2) is 0 Å². The number of benzene rings is 1. The van der Waals surface area contributed by atoms with E-state index in [4.69, 9.17) is 0 Å². The van der Waals surface area contributed by atoms with E-state index in [0.29, 0.717) is 18.6 Å². The first kappa shape index (κ1) is 7.80. The summed E-state index contributed by atoms with van der Waals surface area (Å²) in [4.78, 5) is 11.3. The number of ketones is 1. The van der Waals surface area contributed by atoms with Crippen molar-refractivity contribution >= 4 is 16.7 Å². The van der Waals surface area contributed by atoms with Crippen molar-refractivity contribution in [3.05, 3.63) is 35.5 Å². The van der Waals surface area contributed by atoms with Crippen LogP contribution < -0.4 is 0 Å². The zero-order valence-corrected chi connectivity index (χ0v) is 8.08. The molecular weight excluding hydrogens is 174 g/mol. The SMILES string of the molecule is Cn1c2c(c3ccccc31)CC(=O)C2. The van der Waals surface area contributed by atoms with Crippen molar-refractivity contribution in [2.24, 2.45) is 7.05 Å². The van der Waals surface area contributed by atoms with Crippen molar-refractivity contribution in [3.8, 4) is 0 Å². The van der Waals surface area contributed by atoms with E-state index in [1.165, 1.54) is 22.2 Å². The molecule has 1 heterocycles. The Hall–Kier alpha value is -1.57. The number of hydrogen-bond acceptors (Lipinski definition) is 1. The average Bonchev–Trinajstić information content (AvgIpc) is 2.68. The van der Waals surface area contributed by atoms with Crippen LogP contribution in [0.25, 0.3) is 10.9 Å². The van der Waals surface area contributed by atoms with Crippen molar-refractivity contribution in [1.82, 2.24) is 4.57 Å². The Balaban J connectivity index is 2.43. The number of nitrogens with zero attached hydrogens (tertiary/aromatic N) is 1. The van der Waals surface area contributed by atoms with E-state index in [1.807, 2.05) is 19.2 Å². The summed E-state index contributed by atoms with van der Waals surface area (Å²) in [6.45, 7) is 0. The topological polar surface area (TPSA) is 22.0 Å². The molecule has 3 rings (SSSR count). The molecule has 0 fully saturated rings. The molecule has 2 nitrogen and oxygen atoms in total. The van der Waals surface area contributed by atoms with E-state index in [9.17, 15) is 4.79 Å². The lowest BCUT2D eigenvalue weighted by molar-refractivity contribution is -0.117. The highest BCUT2D eigenvalue weighted by Gasteiger charge is 2.24. The molecule has 0 N–H and O–H groups in total. The Kier molecular flexibility index (Phi) is 1.38. The lowest BCUT2D eigenvalue weighted by Gasteiger charge is -1.99. The van der Waals surface area contributed by atoms with Crippen molar-refractivity contribution in [2.75, 3.05) is 0 Å². The quantitative estimate of drug-likeness (QED) is 0.614. The number of aromatic nitrogens is 1. The van der Waals surface area contributed by atoms with Gasteiger partial charge in [0.25, 0.3) is 0 Å². The molecule has 0 atom stereocenters. The molecule has 0 saturated carbocycles. The van der Waals surface area contributed by atoms with Crippen LogP contribution in [0.15, 0.2) is 24.3 Å². The second kappa shape index (κ2) is 2.47. The van der Waals surface area contributed by atoms with Crippen LogP contribution in [0, 0.1) is 0 Å². The largest absolute Gasteiger partial charge is 0.347 e. The summed E-state index contributed by atoms with van der Waals surface area (Å²) in [6.07, 6.45) is 1.23. The molecule has 0 radical (unpaired) electrons. The molecule has 1 aromatic heterocycles. The maximum absolute atomic E-state index is 11.3. The number of hydrogen-bond donors (Lipinski definition) is 0. The minimum atomic E-state index is 0.344. The Morgan fingerprint density at radius 2 is 2.00 bits per heavy atom. The van der Waals surface area contributed by atoms with Crippen molar-refractivity contribution < 1.29 is 4.79 Å². The second-order valence-electron chi connectivity index (χ2n) is 3.89. The first-order chi connectivity index (χ1) is 6.77. The molecule has 0 bridgehead atoms. The molecule has 0 aliphatic heterocycles. The van der Waals surface area contributed by atoms with Gasteiger partial charge in [0.1, 0.15) is 5.78 Å². The maximum Gasteiger partial charge on any atom is 0.143 e. The van der Waals surface area contributed by atoms with Gasteiger partial charge in [-0.1, -0.05) is 18.2 Å². The molecule has 0 unspecified atom stereocenters. The number of carbonyl (C=O) groups is 1. The highest BCUT2D eigenvalue weighted by Crippen LogP contribution is 2.30. The van der Waals surface area contributed by atoms with Crippen molar-refractivity contribution in [3.63, 3.8) is 0 Å². The standard InChI is InChI=1S/C12H11NO/c1-13-11-5-3-2-4-9(11)10-6-8(14)7-12(10)13/h2-5H,6-7H2,1H3. The minimum Gasteiger partial charge on any atom is -0.347 e. The van der Waals surface area contributed by atoms with Crippen LogP contribution in [0.1, 0.15) is 11.3 Å². The molecule has 14 heavy (non-hydrogen) atoms. The fraction of sp³-hybridized carbons (Fsp3) is 0.250. The Morgan fingerprint density at radius 3 is 2.86 bits per heavy atom. The van der Waals surface area contributed by atoms with Gasteiger partial charge in [0.15, 0.2) is 0 Å². The summed E-state index contributed by atoms with van der Waals surface area (Å²) in [6, 6.07) is 8.29. The molecule has 1 aromatic carbocycles. The first-order valence-electron chi connectivity index (χ1n) is 4.84. The average molecular weight is 185 g/mol. The highest BCUT2D eigenvalue weighted by molar-refractivity contribution is 5.97. The van der Waals surface area contributed by atoms with Gasteiger partial charge >= 0.3 is 0 Å². The predicted molar refractivity (Wildman–Crippen MR) is 55.3 cm³/mol. The lowest BCUT2D eigenvalue weighted by atomic mass is 10.1. The molecule has 0 amide bonds. The summed E-state index contributed by atoms with van der Waals surface area (Å²) in [7, 11) is 2.04. The molecule has 0 saturated heterocycles. The van der Waals surface area contributed by atoms with Crippen LogP contribution in [-0.4, -0.2) is 10.4 Å².